The lowest BCUT2D eigenvalue weighted by molar-refractivity contribution is 1.06. The van der Waals surface area contributed by atoms with E-state index in [9.17, 15) is 0 Å². The second kappa shape index (κ2) is 6.60. The van der Waals surface area contributed by atoms with Gasteiger partial charge >= 0.3 is 0 Å². The molecule has 1 aromatic carbocycles. The second-order valence-electron chi connectivity index (χ2n) is 7.51. The van der Waals surface area contributed by atoms with Crippen molar-refractivity contribution in [3.63, 3.8) is 0 Å². The number of pyridine rings is 2. The van der Waals surface area contributed by atoms with Crippen LogP contribution < -0.4 is 0 Å². The van der Waals surface area contributed by atoms with Gasteiger partial charge in [-0.3, -0.25) is 10.1 Å². The first kappa shape index (κ1) is 17.5. The van der Waals surface area contributed by atoms with E-state index in [1.165, 1.54) is 0 Å². The summed E-state index contributed by atoms with van der Waals surface area (Å²) < 4.78 is 2.00. The third kappa shape index (κ3) is 2.80. The molecule has 0 aliphatic heterocycles. The van der Waals surface area contributed by atoms with Gasteiger partial charge in [0.1, 0.15) is 5.52 Å². The Hall–Kier alpha value is -4.33. The maximum Gasteiger partial charge on any atom is 0.161 e. The Labute approximate surface area is 177 Å². The summed E-state index contributed by atoms with van der Waals surface area (Å²) >= 11 is 0. The van der Waals surface area contributed by atoms with Crippen LogP contribution in [0.1, 0.15) is 11.3 Å². The van der Waals surface area contributed by atoms with Crippen LogP contribution >= 0.6 is 0 Å². The molecule has 0 amide bonds. The number of aromatic amines is 2. The van der Waals surface area contributed by atoms with Crippen LogP contribution in [0.5, 0.6) is 0 Å². The molecule has 0 saturated heterocycles. The molecule has 0 atom stereocenters. The number of fused-ring (bicyclic) bond motifs is 2. The highest BCUT2D eigenvalue weighted by atomic mass is 15.2. The first-order valence-electron chi connectivity index (χ1n) is 9.94. The number of hydrogen-bond donors (Lipinski definition) is 2. The summed E-state index contributed by atoms with van der Waals surface area (Å²) in [5.74, 6) is 0.666. The third-order valence-electron chi connectivity index (χ3n) is 5.37. The van der Waals surface area contributed by atoms with Gasteiger partial charge in [0.05, 0.1) is 45.6 Å². The topological polar surface area (TPSA) is 101 Å². The van der Waals surface area contributed by atoms with E-state index in [0.717, 1.165) is 50.4 Å². The maximum atomic E-state index is 4.87. The molecular formula is C23H18N8. The quantitative estimate of drug-likeness (QED) is 0.455. The fourth-order valence-electron chi connectivity index (χ4n) is 3.81. The van der Waals surface area contributed by atoms with E-state index < -0.39 is 0 Å². The summed E-state index contributed by atoms with van der Waals surface area (Å²) in [5, 5.41) is 7.58. The predicted octanol–water partition coefficient (Wildman–Crippen LogP) is 4.37. The summed E-state index contributed by atoms with van der Waals surface area (Å²) in [7, 11) is 0. The molecule has 31 heavy (non-hydrogen) atoms. The van der Waals surface area contributed by atoms with E-state index in [1.54, 1.807) is 6.20 Å². The third-order valence-corrected chi connectivity index (χ3v) is 5.37. The molecule has 5 aromatic heterocycles. The average molecular weight is 406 g/mol. The van der Waals surface area contributed by atoms with Crippen LogP contribution in [0.4, 0.5) is 0 Å². The predicted molar refractivity (Wildman–Crippen MR) is 119 cm³/mol. The van der Waals surface area contributed by atoms with E-state index in [0.29, 0.717) is 11.5 Å². The molecule has 0 unspecified atom stereocenters. The zero-order valence-electron chi connectivity index (χ0n) is 17.0. The largest absolute Gasteiger partial charge is 0.335 e. The molecule has 0 spiro atoms. The van der Waals surface area contributed by atoms with Gasteiger partial charge in [0.25, 0.3) is 0 Å². The number of aromatic nitrogens is 8. The van der Waals surface area contributed by atoms with Crippen LogP contribution in [0.3, 0.4) is 0 Å². The van der Waals surface area contributed by atoms with Crippen molar-refractivity contribution in [3.8, 4) is 28.6 Å². The number of nitrogens with one attached hydrogen (secondary N) is 2. The van der Waals surface area contributed by atoms with Crippen LogP contribution in [0, 0.1) is 13.8 Å². The number of nitrogens with zero attached hydrogens (tertiary/aromatic N) is 6. The average Bonchev–Trinajstić information content (AvgIpc) is 3.52. The molecule has 0 fully saturated rings. The maximum absolute atomic E-state index is 4.87. The van der Waals surface area contributed by atoms with Gasteiger partial charge in [0.2, 0.25) is 0 Å². The van der Waals surface area contributed by atoms with Gasteiger partial charge in [-0.2, -0.15) is 5.10 Å². The number of hydrogen-bond acceptors (Lipinski definition) is 5. The Morgan fingerprint density at radius 1 is 0.871 bits per heavy atom. The fraction of sp³-hybridized carbons (Fsp3) is 0.0870. The number of rotatable bonds is 3. The van der Waals surface area contributed by atoms with E-state index in [1.807, 2.05) is 54.3 Å². The van der Waals surface area contributed by atoms with Gasteiger partial charge < -0.3 is 9.55 Å². The standard InChI is InChI=1S/C23H18N8/c1-13-6-9-18(31-11-14(2)25-12-31)21-19(13)27-23(28-21)22-20-17(29-30-22)8-7-16(26-20)15-5-3-4-10-24-15/h3-12H,1-2H3,(H,27,28)(H,29,30). The van der Waals surface area contributed by atoms with E-state index in [2.05, 4.69) is 44.2 Å². The zero-order valence-corrected chi connectivity index (χ0v) is 17.0. The number of aryl methyl sites for hydroxylation is 2. The number of benzene rings is 1. The lowest BCUT2D eigenvalue weighted by atomic mass is 10.2. The minimum atomic E-state index is 0.666. The molecule has 0 radical (unpaired) electrons. The Kier molecular flexibility index (Phi) is 3.73. The van der Waals surface area contributed by atoms with Crippen molar-refractivity contribution in [2.24, 2.45) is 0 Å². The van der Waals surface area contributed by atoms with Gasteiger partial charge in [0.15, 0.2) is 11.5 Å². The van der Waals surface area contributed by atoms with Crippen LogP contribution in [-0.4, -0.2) is 39.7 Å². The summed E-state index contributed by atoms with van der Waals surface area (Å²) in [4.78, 5) is 21.9. The molecule has 0 aliphatic carbocycles. The van der Waals surface area contributed by atoms with Crippen molar-refractivity contribution >= 4 is 22.1 Å². The minimum Gasteiger partial charge on any atom is -0.335 e. The Morgan fingerprint density at radius 2 is 1.81 bits per heavy atom. The molecule has 0 saturated carbocycles. The molecule has 0 aliphatic rings. The van der Waals surface area contributed by atoms with Crippen LogP contribution in [0.25, 0.3) is 50.7 Å². The fourth-order valence-corrected chi connectivity index (χ4v) is 3.81. The smallest absolute Gasteiger partial charge is 0.161 e. The molecular weight excluding hydrogens is 388 g/mol. The van der Waals surface area contributed by atoms with Gasteiger partial charge in [-0.1, -0.05) is 12.1 Å². The second-order valence-corrected chi connectivity index (χ2v) is 7.51. The SMILES string of the molecule is Cc1cn(-c2ccc(C)c3nc(-c4n[nH]c5ccc(-c6ccccn6)nc45)[nH]c23)cn1. The molecule has 8 nitrogen and oxygen atoms in total. The number of H-pyrrole nitrogens is 2. The van der Waals surface area contributed by atoms with Crippen molar-refractivity contribution in [2.75, 3.05) is 0 Å². The van der Waals surface area contributed by atoms with E-state index in [4.69, 9.17) is 9.97 Å². The lowest BCUT2D eigenvalue weighted by Crippen LogP contribution is -1.92. The molecule has 5 heterocycles. The summed E-state index contributed by atoms with van der Waals surface area (Å²) in [5.41, 5.74) is 8.74. The molecule has 150 valence electrons. The number of imidazole rings is 2. The Morgan fingerprint density at radius 3 is 2.61 bits per heavy atom. The van der Waals surface area contributed by atoms with Crippen molar-refractivity contribution < 1.29 is 0 Å². The first-order valence-corrected chi connectivity index (χ1v) is 9.94. The van der Waals surface area contributed by atoms with Crippen molar-refractivity contribution in [3.05, 3.63) is 72.4 Å². The van der Waals surface area contributed by atoms with Gasteiger partial charge in [-0.15, -0.1) is 0 Å². The molecule has 6 aromatic rings. The summed E-state index contributed by atoms with van der Waals surface area (Å²) in [6.45, 7) is 4.02. The van der Waals surface area contributed by atoms with Crippen LogP contribution in [0.2, 0.25) is 0 Å². The molecule has 8 heteroatoms. The van der Waals surface area contributed by atoms with Gasteiger partial charge in [-0.05, 0) is 49.7 Å². The van der Waals surface area contributed by atoms with Crippen molar-refractivity contribution in [1.82, 2.24) is 39.7 Å². The highest BCUT2D eigenvalue weighted by Crippen LogP contribution is 2.30. The molecule has 6 rings (SSSR count). The monoisotopic (exact) mass is 406 g/mol. The molecule has 0 bridgehead atoms. The van der Waals surface area contributed by atoms with Crippen LogP contribution in [0.15, 0.2) is 61.2 Å². The van der Waals surface area contributed by atoms with Crippen LogP contribution in [-0.2, 0) is 0 Å². The van der Waals surface area contributed by atoms with Crippen molar-refractivity contribution in [1.29, 1.82) is 0 Å². The minimum absolute atomic E-state index is 0.666. The lowest BCUT2D eigenvalue weighted by Gasteiger charge is -2.04. The molecule has 2 N–H and O–H groups in total. The Balaban J connectivity index is 1.54. The van der Waals surface area contributed by atoms with E-state index >= 15 is 0 Å². The summed E-state index contributed by atoms with van der Waals surface area (Å²) in [6, 6.07) is 13.8. The normalized spacial score (nSPS) is 11.5. The zero-order chi connectivity index (χ0) is 20.9. The van der Waals surface area contributed by atoms with Crippen molar-refractivity contribution in [2.45, 2.75) is 13.8 Å². The Bertz CT molecular complexity index is 1560. The first-order chi connectivity index (χ1) is 15.2. The van der Waals surface area contributed by atoms with E-state index in [-0.39, 0.29) is 0 Å². The highest BCUT2D eigenvalue weighted by molar-refractivity contribution is 5.94. The van der Waals surface area contributed by atoms with Gasteiger partial charge in [-0.25, -0.2) is 15.0 Å². The van der Waals surface area contributed by atoms with Gasteiger partial charge in [0, 0.05) is 12.4 Å². The highest BCUT2D eigenvalue weighted by Gasteiger charge is 2.18. The summed E-state index contributed by atoms with van der Waals surface area (Å²) in [6.07, 6.45) is 5.57.